The van der Waals surface area contributed by atoms with Crippen molar-refractivity contribution in [2.75, 3.05) is 6.54 Å². The van der Waals surface area contributed by atoms with Crippen molar-refractivity contribution in [1.82, 2.24) is 4.90 Å². The van der Waals surface area contributed by atoms with Crippen molar-refractivity contribution in [1.29, 1.82) is 0 Å². The summed E-state index contributed by atoms with van der Waals surface area (Å²) >= 11 is 0. The van der Waals surface area contributed by atoms with Crippen LogP contribution in [0.5, 0.6) is 0 Å². The normalized spacial score (nSPS) is 29.1. The number of hydrogen-bond acceptors (Lipinski definition) is 2. The third-order valence-corrected chi connectivity index (χ3v) is 2.75. The second-order valence-corrected chi connectivity index (χ2v) is 3.80. The van der Waals surface area contributed by atoms with Gasteiger partial charge in [-0.25, -0.2) is 0 Å². The molecule has 3 heteroatoms. The van der Waals surface area contributed by atoms with Crippen LogP contribution in [-0.4, -0.2) is 29.6 Å². The molecule has 14 heavy (non-hydrogen) atoms. The molecule has 3 nitrogen and oxygen atoms in total. The monoisotopic (exact) mass is 189 g/mol. The Morgan fingerprint density at radius 1 is 1.36 bits per heavy atom. The Hall–Kier alpha value is -1.35. The van der Waals surface area contributed by atoms with Gasteiger partial charge in [-0.2, -0.15) is 0 Å². The van der Waals surface area contributed by atoms with E-state index in [2.05, 4.69) is 0 Å². The largest absolute Gasteiger partial charge is 0.357 e. The fourth-order valence-electron chi connectivity index (χ4n) is 1.93. The Labute approximate surface area is 82.3 Å². The van der Waals surface area contributed by atoms with Gasteiger partial charge in [-0.3, -0.25) is 4.79 Å². The Bertz CT molecular complexity index is 363. The summed E-state index contributed by atoms with van der Waals surface area (Å²) in [6.07, 6.45) is 0.0740. The lowest BCUT2D eigenvalue weighted by Gasteiger charge is -2.17. The number of nitrogens with zero attached hydrogens (tertiary/aromatic N) is 1. The quantitative estimate of drug-likeness (QED) is 0.644. The minimum atomic E-state index is -0.112. The molecule has 1 aromatic rings. The Morgan fingerprint density at radius 3 is 2.79 bits per heavy atom. The minimum Gasteiger partial charge on any atom is -0.357 e. The molecule has 0 N–H and O–H groups in total. The summed E-state index contributed by atoms with van der Waals surface area (Å²) in [6, 6.07) is 10.0. The highest BCUT2D eigenvalue weighted by Gasteiger charge is 2.54. The molecule has 2 fully saturated rings. The highest BCUT2D eigenvalue weighted by atomic mass is 16.6. The molecule has 2 aliphatic heterocycles. The molecule has 0 saturated carbocycles. The third-order valence-electron chi connectivity index (χ3n) is 2.75. The molecule has 2 unspecified atom stereocenters. The number of epoxide rings is 1. The summed E-state index contributed by atoms with van der Waals surface area (Å²) in [6.45, 7) is 1.48. The topological polar surface area (TPSA) is 32.8 Å². The molecule has 2 heterocycles. The van der Waals surface area contributed by atoms with Crippen LogP contribution in [0, 0.1) is 0 Å². The van der Waals surface area contributed by atoms with E-state index in [1.807, 2.05) is 35.2 Å². The van der Waals surface area contributed by atoms with Crippen LogP contribution in [0.25, 0.3) is 0 Å². The molecule has 2 atom stereocenters. The highest BCUT2D eigenvalue weighted by molar-refractivity contribution is 5.86. The average Bonchev–Trinajstić information content (AvgIpc) is 2.91. The van der Waals surface area contributed by atoms with E-state index in [0.717, 1.165) is 13.1 Å². The van der Waals surface area contributed by atoms with Crippen LogP contribution in [0.15, 0.2) is 30.3 Å². The van der Waals surface area contributed by atoms with E-state index < -0.39 is 0 Å². The molecule has 0 aliphatic carbocycles. The van der Waals surface area contributed by atoms with Crippen molar-refractivity contribution in [2.24, 2.45) is 0 Å². The first-order chi connectivity index (χ1) is 6.84. The van der Waals surface area contributed by atoms with Crippen molar-refractivity contribution >= 4 is 5.91 Å². The molecule has 72 valence electrons. The second-order valence-electron chi connectivity index (χ2n) is 3.80. The standard InChI is InChI=1S/C11H11NO2/c13-11-10-9(14-10)7-12(11)6-8-4-2-1-3-5-8/h1-5,9-10H,6-7H2. The summed E-state index contributed by atoms with van der Waals surface area (Å²) in [5.41, 5.74) is 1.18. The lowest BCUT2D eigenvalue weighted by Crippen LogP contribution is -2.29. The van der Waals surface area contributed by atoms with E-state index >= 15 is 0 Å². The number of carbonyl (C=O) groups excluding carboxylic acids is 1. The molecule has 0 radical (unpaired) electrons. The molecule has 1 amide bonds. The molecule has 0 bridgehead atoms. The predicted octanol–water partition coefficient (Wildman–Crippen LogP) is 0.796. The van der Waals surface area contributed by atoms with Gasteiger partial charge in [-0.05, 0) is 5.56 Å². The van der Waals surface area contributed by atoms with Gasteiger partial charge in [0.2, 0.25) is 0 Å². The Kier molecular flexibility index (Phi) is 1.61. The van der Waals surface area contributed by atoms with E-state index in [9.17, 15) is 4.79 Å². The van der Waals surface area contributed by atoms with Crippen LogP contribution in [0.2, 0.25) is 0 Å². The number of morpholine rings is 1. The number of ether oxygens (including phenoxy) is 1. The molecule has 3 rings (SSSR count). The zero-order chi connectivity index (χ0) is 9.54. The first kappa shape index (κ1) is 8.00. The van der Waals surface area contributed by atoms with Crippen molar-refractivity contribution in [3.63, 3.8) is 0 Å². The van der Waals surface area contributed by atoms with Gasteiger partial charge in [-0.1, -0.05) is 30.3 Å². The Balaban J connectivity index is 1.71. The van der Waals surface area contributed by atoms with E-state index in [1.54, 1.807) is 0 Å². The maximum absolute atomic E-state index is 11.6. The molecule has 2 saturated heterocycles. The summed E-state index contributed by atoms with van der Waals surface area (Å²) in [5.74, 6) is 0.152. The number of amides is 1. The van der Waals surface area contributed by atoms with Crippen LogP contribution in [0.4, 0.5) is 0 Å². The smallest absolute Gasteiger partial charge is 0.254 e. The van der Waals surface area contributed by atoms with E-state index in [1.165, 1.54) is 5.56 Å². The van der Waals surface area contributed by atoms with Gasteiger partial charge in [0.05, 0.1) is 6.54 Å². The molecular formula is C11H11NO2. The number of fused-ring (bicyclic) bond motifs is 1. The van der Waals surface area contributed by atoms with Crippen molar-refractivity contribution in [2.45, 2.75) is 18.8 Å². The molecule has 2 aliphatic rings. The van der Waals surface area contributed by atoms with Crippen LogP contribution in [-0.2, 0) is 16.1 Å². The number of likely N-dealkylation sites (tertiary alicyclic amines) is 1. The van der Waals surface area contributed by atoms with Gasteiger partial charge in [-0.15, -0.1) is 0 Å². The molecule has 0 aromatic heterocycles. The zero-order valence-corrected chi connectivity index (χ0v) is 7.72. The fourth-order valence-corrected chi connectivity index (χ4v) is 1.93. The maximum atomic E-state index is 11.6. The lowest BCUT2D eigenvalue weighted by atomic mass is 10.2. The van der Waals surface area contributed by atoms with Gasteiger partial charge >= 0.3 is 0 Å². The molecule has 1 aromatic carbocycles. The third kappa shape index (κ3) is 1.21. The number of hydrogen-bond donors (Lipinski definition) is 0. The first-order valence-corrected chi connectivity index (χ1v) is 4.83. The maximum Gasteiger partial charge on any atom is 0.254 e. The second kappa shape index (κ2) is 2.82. The SMILES string of the molecule is O=C1C2OC2CN1Cc1ccccc1. The summed E-state index contributed by atoms with van der Waals surface area (Å²) in [4.78, 5) is 13.4. The van der Waals surface area contributed by atoms with E-state index in [-0.39, 0.29) is 18.1 Å². The predicted molar refractivity (Wildman–Crippen MR) is 50.5 cm³/mol. The van der Waals surface area contributed by atoms with E-state index in [4.69, 9.17) is 4.74 Å². The summed E-state index contributed by atoms with van der Waals surface area (Å²) in [5, 5.41) is 0. The fraction of sp³-hybridized carbons (Fsp3) is 0.364. The average molecular weight is 189 g/mol. The highest BCUT2D eigenvalue weighted by Crippen LogP contribution is 2.32. The number of carbonyl (C=O) groups is 1. The van der Waals surface area contributed by atoms with Gasteiger partial charge in [0.25, 0.3) is 5.91 Å². The summed E-state index contributed by atoms with van der Waals surface area (Å²) in [7, 11) is 0. The van der Waals surface area contributed by atoms with Crippen molar-refractivity contribution in [3.05, 3.63) is 35.9 Å². The number of benzene rings is 1. The molecule has 0 spiro atoms. The minimum absolute atomic E-state index is 0.112. The van der Waals surface area contributed by atoms with Crippen molar-refractivity contribution < 1.29 is 9.53 Å². The van der Waals surface area contributed by atoms with Gasteiger partial charge in [0.15, 0.2) is 6.10 Å². The van der Waals surface area contributed by atoms with Gasteiger partial charge in [0.1, 0.15) is 6.10 Å². The van der Waals surface area contributed by atoms with Crippen molar-refractivity contribution in [3.8, 4) is 0 Å². The number of rotatable bonds is 2. The van der Waals surface area contributed by atoms with Gasteiger partial charge in [0, 0.05) is 6.54 Å². The van der Waals surface area contributed by atoms with E-state index in [0.29, 0.717) is 0 Å². The van der Waals surface area contributed by atoms with Crippen LogP contribution >= 0.6 is 0 Å². The van der Waals surface area contributed by atoms with Crippen LogP contribution in [0.3, 0.4) is 0 Å². The first-order valence-electron chi connectivity index (χ1n) is 4.83. The van der Waals surface area contributed by atoms with Crippen LogP contribution in [0.1, 0.15) is 5.56 Å². The lowest BCUT2D eigenvalue weighted by molar-refractivity contribution is -0.132. The molecular weight excluding hydrogens is 178 g/mol. The van der Waals surface area contributed by atoms with Gasteiger partial charge < -0.3 is 9.64 Å². The zero-order valence-electron chi connectivity index (χ0n) is 7.72. The summed E-state index contributed by atoms with van der Waals surface area (Å²) < 4.78 is 5.14. The Morgan fingerprint density at radius 2 is 2.14 bits per heavy atom. The van der Waals surface area contributed by atoms with Crippen LogP contribution < -0.4 is 0 Å².